The molecular weight excluding hydrogens is 552 g/mol. The third-order valence-electron chi connectivity index (χ3n) is 9.17. The van der Waals surface area contributed by atoms with Crippen molar-refractivity contribution in [1.82, 2.24) is 14.8 Å². The van der Waals surface area contributed by atoms with Crippen LogP contribution < -0.4 is 10.5 Å². The maximum absolute atomic E-state index is 15.1. The first-order valence-corrected chi connectivity index (χ1v) is 14.6. The molecule has 2 heterocycles. The number of alkyl halides is 3. The number of aromatic nitrogens is 1. The van der Waals surface area contributed by atoms with Crippen LogP contribution in [0.1, 0.15) is 69.2 Å². The van der Waals surface area contributed by atoms with E-state index in [1.54, 1.807) is 19.1 Å². The number of carbonyl (C=O) groups is 2. The van der Waals surface area contributed by atoms with Gasteiger partial charge in [0.15, 0.2) is 0 Å². The van der Waals surface area contributed by atoms with E-state index in [2.05, 4.69) is 4.98 Å². The van der Waals surface area contributed by atoms with Gasteiger partial charge in [0, 0.05) is 24.7 Å². The number of piperidine rings is 1. The quantitative estimate of drug-likeness (QED) is 0.332. The van der Waals surface area contributed by atoms with Gasteiger partial charge in [-0.1, -0.05) is 19.8 Å². The summed E-state index contributed by atoms with van der Waals surface area (Å²) in [6, 6.07) is 7.41. The Balaban J connectivity index is 1.31. The number of nitrogens with zero attached hydrogens (tertiary/aromatic N) is 3. The van der Waals surface area contributed by atoms with E-state index in [4.69, 9.17) is 10.5 Å². The molecule has 1 saturated carbocycles. The summed E-state index contributed by atoms with van der Waals surface area (Å²) in [5, 5.41) is 0. The lowest BCUT2D eigenvalue weighted by molar-refractivity contribution is -0.256. The van der Waals surface area contributed by atoms with Crippen molar-refractivity contribution in [3.63, 3.8) is 0 Å². The van der Waals surface area contributed by atoms with Gasteiger partial charge >= 0.3 is 6.18 Å². The molecule has 2 fully saturated rings. The molecule has 7 nitrogen and oxygen atoms in total. The number of primary amides is 1. The number of hydrogen-bond donors (Lipinski definition) is 1. The van der Waals surface area contributed by atoms with E-state index in [1.807, 2.05) is 11.8 Å². The number of nitrogens with two attached hydrogens (primary N) is 1. The van der Waals surface area contributed by atoms with Gasteiger partial charge in [0.1, 0.15) is 17.1 Å². The Hall–Kier alpha value is -3.21. The number of amides is 2. The highest BCUT2D eigenvalue weighted by Crippen LogP contribution is 2.53. The van der Waals surface area contributed by atoms with Gasteiger partial charge in [-0.15, -0.1) is 0 Å². The number of rotatable bonds is 11. The number of pyridine rings is 1. The Kier molecular flexibility index (Phi) is 9.49. The largest absolute Gasteiger partial charge is 0.492 e. The van der Waals surface area contributed by atoms with Gasteiger partial charge in [0.25, 0.3) is 5.91 Å². The lowest BCUT2D eigenvalue weighted by Crippen LogP contribution is -2.56. The molecule has 1 aliphatic heterocycles. The average Bonchev–Trinajstić information content (AvgIpc) is 2.93. The normalized spacial score (nSPS) is 19.0. The fraction of sp³-hybridized carbons (Fsp3) is 0.581. The van der Waals surface area contributed by atoms with Crippen molar-refractivity contribution < 1.29 is 31.9 Å². The molecule has 1 aromatic heterocycles. The zero-order valence-electron chi connectivity index (χ0n) is 24.5. The highest BCUT2D eigenvalue weighted by atomic mass is 19.4. The Bertz CT molecular complexity index is 1260. The van der Waals surface area contributed by atoms with Crippen LogP contribution >= 0.6 is 0 Å². The van der Waals surface area contributed by atoms with E-state index in [9.17, 15) is 22.8 Å². The summed E-state index contributed by atoms with van der Waals surface area (Å²) in [7, 11) is 1.48. The molecule has 230 valence electrons. The summed E-state index contributed by atoms with van der Waals surface area (Å²) < 4.78 is 61.5. The Morgan fingerprint density at radius 1 is 1.17 bits per heavy atom. The van der Waals surface area contributed by atoms with E-state index in [0.29, 0.717) is 50.4 Å². The van der Waals surface area contributed by atoms with Crippen molar-refractivity contribution in [3.8, 4) is 17.0 Å². The van der Waals surface area contributed by atoms with E-state index in [0.717, 1.165) is 18.9 Å². The first-order chi connectivity index (χ1) is 19.8. The topological polar surface area (TPSA) is 88.8 Å². The molecule has 0 radical (unpaired) electrons. The Labute approximate surface area is 244 Å². The number of likely N-dealkylation sites (tertiary alicyclic amines) is 1. The summed E-state index contributed by atoms with van der Waals surface area (Å²) in [6.07, 6.45) is 0.998. The summed E-state index contributed by atoms with van der Waals surface area (Å²) in [6.45, 7) is 5.24. The first kappa shape index (κ1) is 31.7. The van der Waals surface area contributed by atoms with Crippen LogP contribution in [-0.4, -0.2) is 71.6 Å². The lowest BCUT2D eigenvalue weighted by Gasteiger charge is -2.47. The van der Waals surface area contributed by atoms with Crippen molar-refractivity contribution >= 4 is 11.8 Å². The highest BCUT2D eigenvalue weighted by molar-refractivity contribution is 5.99. The molecule has 2 N–H and O–H groups in total. The van der Waals surface area contributed by atoms with Crippen LogP contribution in [0.2, 0.25) is 0 Å². The molecule has 1 atom stereocenters. The van der Waals surface area contributed by atoms with E-state index < -0.39 is 34.8 Å². The molecule has 4 rings (SSSR count). The SMILES string of the molecule is CCC[C@@](C)(C(N)=O)N(C)C(=O)c1ccc(-c2ccc(OCC3CCN(CC4(C(F)(F)F)CCC4)CC3)cn2)c(F)c1. The first-order valence-electron chi connectivity index (χ1n) is 14.6. The second kappa shape index (κ2) is 12.6. The number of carbonyl (C=O) groups excluding carboxylic acids is 2. The van der Waals surface area contributed by atoms with Gasteiger partial charge in [-0.2, -0.15) is 13.2 Å². The standard InChI is InChI=1S/C31H40F4N4O3/c1-4-12-29(2,28(36)41)38(3)27(40)22-6-8-24(25(32)17-22)26-9-7-23(18-37-26)42-19-21-10-15-39(16-11-21)20-30(13-5-14-30)31(33,34)35/h6-9,17-18,21H,4-5,10-16,19-20H2,1-3H3,(H2,36,41)/t29-/m0/s1. The van der Waals surface area contributed by atoms with Crippen molar-refractivity contribution in [2.75, 3.05) is 33.3 Å². The predicted molar refractivity (Wildman–Crippen MR) is 151 cm³/mol. The molecule has 1 aliphatic carbocycles. The molecule has 42 heavy (non-hydrogen) atoms. The molecule has 2 aromatic rings. The van der Waals surface area contributed by atoms with E-state index in [-0.39, 0.29) is 36.4 Å². The van der Waals surface area contributed by atoms with Crippen LogP contribution in [0.25, 0.3) is 11.3 Å². The molecule has 1 saturated heterocycles. The van der Waals surface area contributed by atoms with E-state index in [1.165, 1.54) is 30.3 Å². The second-order valence-electron chi connectivity index (χ2n) is 12.0. The smallest absolute Gasteiger partial charge is 0.395 e. The Morgan fingerprint density at radius 2 is 1.86 bits per heavy atom. The number of likely N-dealkylation sites (N-methyl/N-ethyl adjacent to an activating group) is 1. The van der Waals surface area contributed by atoms with Crippen molar-refractivity contribution in [3.05, 3.63) is 47.9 Å². The van der Waals surface area contributed by atoms with Crippen molar-refractivity contribution in [2.45, 2.75) is 70.5 Å². The molecule has 0 spiro atoms. The number of hydrogen-bond acceptors (Lipinski definition) is 5. The van der Waals surface area contributed by atoms with Crippen LogP contribution in [0.15, 0.2) is 36.5 Å². The highest BCUT2D eigenvalue weighted by Gasteiger charge is 2.58. The van der Waals surface area contributed by atoms with Crippen molar-refractivity contribution in [2.24, 2.45) is 17.1 Å². The van der Waals surface area contributed by atoms with Gasteiger partial charge in [0.05, 0.1) is 23.9 Å². The summed E-state index contributed by atoms with van der Waals surface area (Å²) in [5.41, 5.74) is 3.51. The van der Waals surface area contributed by atoms with Crippen LogP contribution in [0.4, 0.5) is 17.6 Å². The third kappa shape index (κ3) is 6.55. The maximum Gasteiger partial charge on any atom is 0.395 e. The summed E-state index contributed by atoms with van der Waals surface area (Å²) >= 11 is 0. The van der Waals surface area contributed by atoms with Crippen molar-refractivity contribution in [1.29, 1.82) is 0 Å². The monoisotopic (exact) mass is 592 g/mol. The van der Waals surface area contributed by atoms with Crippen LogP contribution in [0.3, 0.4) is 0 Å². The Morgan fingerprint density at radius 3 is 2.36 bits per heavy atom. The van der Waals surface area contributed by atoms with Crippen LogP contribution in [0, 0.1) is 17.2 Å². The molecule has 2 amide bonds. The molecular formula is C31H40F4N4O3. The van der Waals surface area contributed by atoms with Gasteiger partial charge in [0.2, 0.25) is 5.91 Å². The fourth-order valence-electron chi connectivity index (χ4n) is 5.93. The van der Waals surface area contributed by atoms with Crippen LogP contribution in [-0.2, 0) is 4.79 Å². The third-order valence-corrected chi connectivity index (χ3v) is 9.17. The summed E-state index contributed by atoms with van der Waals surface area (Å²) in [5.74, 6) is -1.02. The fourth-order valence-corrected chi connectivity index (χ4v) is 5.93. The number of ether oxygens (including phenoxy) is 1. The molecule has 2 aliphatic rings. The van der Waals surface area contributed by atoms with Crippen LogP contribution in [0.5, 0.6) is 5.75 Å². The van der Waals surface area contributed by atoms with Gasteiger partial charge < -0.3 is 20.3 Å². The lowest BCUT2D eigenvalue weighted by atomic mass is 9.67. The zero-order chi connectivity index (χ0) is 30.7. The minimum Gasteiger partial charge on any atom is -0.492 e. The van der Waals surface area contributed by atoms with E-state index >= 15 is 4.39 Å². The maximum atomic E-state index is 15.1. The molecule has 0 bridgehead atoms. The van der Waals surface area contributed by atoms with Gasteiger partial charge in [-0.25, -0.2) is 4.39 Å². The van der Waals surface area contributed by atoms with Gasteiger partial charge in [-0.3, -0.25) is 14.6 Å². The molecule has 1 aromatic carbocycles. The predicted octanol–water partition coefficient (Wildman–Crippen LogP) is 5.83. The van der Waals surface area contributed by atoms with Gasteiger partial charge in [-0.05, 0) is 88.4 Å². The number of halogens is 4. The number of benzene rings is 1. The molecule has 11 heteroatoms. The molecule has 0 unspecified atom stereocenters. The average molecular weight is 593 g/mol. The zero-order valence-corrected chi connectivity index (χ0v) is 24.5. The minimum absolute atomic E-state index is 0.0868. The minimum atomic E-state index is -4.15. The summed E-state index contributed by atoms with van der Waals surface area (Å²) in [4.78, 5) is 32.6. The second-order valence-corrected chi connectivity index (χ2v) is 12.0.